The molecule has 0 aromatic carbocycles. The molecule has 96 valence electrons. The molecule has 3 nitrogen and oxygen atoms in total. The Kier molecular flexibility index (Phi) is 4.40. The monoisotopic (exact) mass is 327 g/mol. The van der Waals surface area contributed by atoms with Crippen LogP contribution in [-0.4, -0.2) is 21.9 Å². The molecule has 5 heteroatoms. The third-order valence-corrected chi connectivity index (χ3v) is 3.62. The summed E-state index contributed by atoms with van der Waals surface area (Å²) in [6.45, 7) is 4.29. The molecule has 2 aromatic heterocycles. The van der Waals surface area contributed by atoms with Gasteiger partial charge in [-0.05, 0) is 34.0 Å². The molecule has 1 atom stereocenters. The van der Waals surface area contributed by atoms with E-state index in [1.165, 1.54) is 0 Å². The quantitative estimate of drug-likeness (QED) is 0.860. The highest BCUT2D eigenvalue weighted by Gasteiger charge is 2.13. The molecule has 0 fully saturated rings. The number of nitrogens with zero attached hydrogens (tertiary/aromatic N) is 2. The molecule has 1 N–H and O–H groups in total. The van der Waals surface area contributed by atoms with E-state index in [4.69, 9.17) is 11.6 Å². The smallest absolute Gasteiger partial charge is 0.112 e. The third kappa shape index (κ3) is 2.93. The van der Waals surface area contributed by atoms with E-state index in [-0.39, 0.29) is 6.04 Å². The summed E-state index contributed by atoms with van der Waals surface area (Å²) in [5.41, 5.74) is 2.72. The van der Waals surface area contributed by atoms with Crippen molar-refractivity contribution < 1.29 is 0 Å². The molecule has 2 heterocycles. The molecule has 0 aliphatic rings. The molecule has 18 heavy (non-hydrogen) atoms. The first-order valence-electron chi connectivity index (χ1n) is 5.84. The summed E-state index contributed by atoms with van der Waals surface area (Å²) in [4.78, 5) is 8.73. The number of hydrogen-bond donors (Lipinski definition) is 1. The van der Waals surface area contributed by atoms with E-state index in [2.05, 4.69) is 45.1 Å². The standard InChI is InChI=1S/C13H15BrClN3/c1-8(2)12(6-15)18-10-3-4-16-11-5-9(14)7-17-13(10)11/h3-5,7-8,12H,6H2,1-2H3,(H,16,18). The van der Waals surface area contributed by atoms with Crippen molar-refractivity contribution >= 4 is 44.3 Å². The fourth-order valence-electron chi connectivity index (χ4n) is 1.71. The van der Waals surface area contributed by atoms with Gasteiger partial charge in [0.05, 0.1) is 11.2 Å². The Hall–Kier alpha value is -0.870. The molecule has 2 rings (SSSR count). The lowest BCUT2D eigenvalue weighted by Gasteiger charge is -2.21. The van der Waals surface area contributed by atoms with Crippen LogP contribution >= 0.6 is 27.5 Å². The average molecular weight is 329 g/mol. The Morgan fingerprint density at radius 3 is 2.83 bits per heavy atom. The summed E-state index contributed by atoms with van der Waals surface area (Å²) in [6.07, 6.45) is 3.56. The van der Waals surface area contributed by atoms with Crippen molar-refractivity contribution in [2.45, 2.75) is 19.9 Å². The molecule has 1 unspecified atom stereocenters. The summed E-state index contributed by atoms with van der Waals surface area (Å²) >= 11 is 9.38. The van der Waals surface area contributed by atoms with Crippen LogP contribution in [0, 0.1) is 5.92 Å². The predicted octanol–water partition coefficient (Wildman–Crippen LogP) is 4.07. The van der Waals surface area contributed by atoms with Gasteiger partial charge in [-0.15, -0.1) is 11.6 Å². The summed E-state index contributed by atoms with van der Waals surface area (Å²) in [5, 5.41) is 3.44. The number of anilines is 1. The first-order chi connectivity index (χ1) is 8.61. The number of rotatable bonds is 4. The van der Waals surface area contributed by atoms with Gasteiger partial charge in [0.15, 0.2) is 0 Å². The summed E-state index contributed by atoms with van der Waals surface area (Å²) in [7, 11) is 0. The Morgan fingerprint density at radius 1 is 1.39 bits per heavy atom. The van der Waals surface area contributed by atoms with Crippen LogP contribution in [0.15, 0.2) is 29.0 Å². The highest BCUT2D eigenvalue weighted by atomic mass is 79.9. The molecule has 0 radical (unpaired) electrons. The Bertz CT molecular complexity index is 545. The fraction of sp³-hybridized carbons (Fsp3) is 0.385. The van der Waals surface area contributed by atoms with E-state index < -0.39 is 0 Å². The molecule has 0 bridgehead atoms. The minimum Gasteiger partial charge on any atom is -0.379 e. The number of aromatic nitrogens is 2. The summed E-state index contributed by atoms with van der Waals surface area (Å²) < 4.78 is 0.928. The first-order valence-corrected chi connectivity index (χ1v) is 7.17. The van der Waals surface area contributed by atoms with Gasteiger partial charge in [-0.1, -0.05) is 13.8 Å². The number of pyridine rings is 2. The van der Waals surface area contributed by atoms with Crippen LogP contribution < -0.4 is 5.32 Å². The topological polar surface area (TPSA) is 37.8 Å². The maximum Gasteiger partial charge on any atom is 0.112 e. The summed E-state index contributed by atoms with van der Waals surface area (Å²) in [6, 6.07) is 4.12. The molecule has 0 saturated carbocycles. The van der Waals surface area contributed by atoms with Crippen LogP contribution in [0.2, 0.25) is 0 Å². The predicted molar refractivity (Wildman–Crippen MR) is 80.2 cm³/mol. The lowest BCUT2D eigenvalue weighted by Crippen LogP contribution is -2.27. The fourth-order valence-corrected chi connectivity index (χ4v) is 2.46. The molecule has 0 aliphatic carbocycles. The van der Waals surface area contributed by atoms with E-state index in [0.717, 1.165) is 21.2 Å². The molecule has 0 amide bonds. The van der Waals surface area contributed by atoms with Crippen molar-refractivity contribution in [3.63, 3.8) is 0 Å². The van der Waals surface area contributed by atoms with Gasteiger partial charge < -0.3 is 5.32 Å². The maximum absolute atomic E-state index is 5.98. The van der Waals surface area contributed by atoms with Crippen molar-refractivity contribution in [3.05, 3.63) is 29.0 Å². The van der Waals surface area contributed by atoms with E-state index in [1.807, 2.05) is 12.1 Å². The van der Waals surface area contributed by atoms with Crippen molar-refractivity contribution in [3.8, 4) is 0 Å². The molecular weight excluding hydrogens is 314 g/mol. The van der Waals surface area contributed by atoms with Crippen molar-refractivity contribution in [2.24, 2.45) is 5.92 Å². The van der Waals surface area contributed by atoms with E-state index >= 15 is 0 Å². The molecule has 0 spiro atoms. The highest BCUT2D eigenvalue weighted by Crippen LogP contribution is 2.23. The van der Waals surface area contributed by atoms with Crippen LogP contribution in [0.5, 0.6) is 0 Å². The maximum atomic E-state index is 5.98. The molecule has 0 saturated heterocycles. The Morgan fingerprint density at radius 2 is 2.17 bits per heavy atom. The van der Waals surface area contributed by atoms with Gasteiger partial charge in [-0.2, -0.15) is 0 Å². The van der Waals surface area contributed by atoms with Gasteiger partial charge in [0.1, 0.15) is 5.52 Å². The molecule has 0 aliphatic heterocycles. The van der Waals surface area contributed by atoms with Crippen molar-refractivity contribution in [2.75, 3.05) is 11.2 Å². The number of halogens is 2. The molecule has 2 aromatic rings. The first kappa shape index (κ1) is 13.6. The zero-order chi connectivity index (χ0) is 13.1. The van der Waals surface area contributed by atoms with Crippen LogP contribution in [0.25, 0.3) is 11.0 Å². The van der Waals surface area contributed by atoms with Gasteiger partial charge in [0, 0.05) is 28.8 Å². The highest BCUT2D eigenvalue weighted by molar-refractivity contribution is 9.10. The van der Waals surface area contributed by atoms with Crippen molar-refractivity contribution in [1.82, 2.24) is 9.97 Å². The van der Waals surface area contributed by atoms with E-state index in [9.17, 15) is 0 Å². The van der Waals surface area contributed by atoms with Gasteiger partial charge >= 0.3 is 0 Å². The minimum absolute atomic E-state index is 0.225. The van der Waals surface area contributed by atoms with Crippen LogP contribution in [-0.2, 0) is 0 Å². The number of alkyl halides is 1. The van der Waals surface area contributed by atoms with E-state index in [1.54, 1.807) is 12.4 Å². The zero-order valence-corrected chi connectivity index (χ0v) is 12.7. The van der Waals surface area contributed by atoms with Crippen LogP contribution in [0.3, 0.4) is 0 Å². The molecular formula is C13H15BrClN3. The minimum atomic E-state index is 0.225. The normalized spacial score (nSPS) is 12.9. The lowest BCUT2D eigenvalue weighted by atomic mass is 10.1. The van der Waals surface area contributed by atoms with E-state index in [0.29, 0.717) is 11.8 Å². The number of hydrogen-bond acceptors (Lipinski definition) is 3. The van der Waals surface area contributed by atoms with Crippen LogP contribution in [0.4, 0.5) is 5.69 Å². The van der Waals surface area contributed by atoms with Gasteiger partial charge in [-0.25, -0.2) is 0 Å². The summed E-state index contributed by atoms with van der Waals surface area (Å²) in [5.74, 6) is 1.03. The van der Waals surface area contributed by atoms with Gasteiger partial charge in [-0.3, -0.25) is 9.97 Å². The second kappa shape index (κ2) is 5.85. The SMILES string of the molecule is CC(C)C(CCl)Nc1ccnc2cc(Br)cnc12. The van der Waals surface area contributed by atoms with Gasteiger partial charge in [0.25, 0.3) is 0 Å². The third-order valence-electron chi connectivity index (χ3n) is 2.86. The zero-order valence-electron chi connectivity index (χ0n) is 10.3. The lowest BCUT2D eigenvalue weighted by molar-refractivity contribution is 0.564. The largest absolute Gasteiger partial charge is 0.379 e. The number of fused-ring (bicyclic) bond motifs is 1. The second-order valence-corrected chi connectivity index (χ2v) is 5.75. The average Bonchev–Trinajstić information content (AvgIpc) is 2.35. The Labute approximate surface area is 120 Å². The Balaban J connectivity index is 2.39. The number of nitrogens with one attached hydrogen (secondary N) is 1. The van der Waals surface area contributed by atoms with Crippen molar-refractivity contribution in [1.29, 1.82) is 0 Å². The second-order valence-electron chi connectivity index (χ2n) is 4.53. The van der Waals surface area contributed by atoms with Crippen LogP contribution in [0.1, 0.15) is 13.8 Å². The van der Waals surface area contributed by atoms with Gasteiger partial charge in [0.2, 0.25) is 0 Å².